The molecule has 0 amide bonds. The summed E-state index contributed by atoms with van der Waals surface area (Å²) >= 11 is 0. The van der Waals surface area contributed by atoms with Crippen LogP contribution >= 0.6 is 0 Å². The van der Waals surface area contributed by atoms with E-state index in [2.05, 4.69) is 13.8 Å². The predicted octanol–water partition coefficient (Wildman–Crippen LogP) is 2.62. The van der Waals surface area contributed by atoms with E-state index in [1.54, 1.807) is 0 Å². The molecule has 0 bridgehead atoms. The molecule has 7 N–H and O–H groups in total. The van der Waals surface area contributed by atoms with E-state index < -0.39 is 80.7 Å². The van der Waals surface area contributed by atoms with Crippen LogP contribution in [0.5, 0.6) is 0 Å². The number of carbonyl (C=O) groups is 1. The molecule has 2 rings (SSSR count). The summed E-state index contributed by atoms with van der Waals surface area (Å²) in [6, 6.07) is 0. The molecule has 0 aromatic rings. The number of aliphatic hydroxyl groups is 7. The van der Waals surface area contributed by atoms with Crippen LogP contribution in [0.2, 0.25) is 0 Å². The summed E-state index contributed by atoms with van der Waals surface area (Å²) in [5, 5.41) is 71.5. The average Bonchev–Trinajstić information content (AvgIpc) is 3.12. The Bertz CT molecular complexity index is 865. The average molecular weight is 739 g/mol. The molecule has 0 aromatic carbocycles. The topological polar surface area (TPSA) is 214 Å². The third-order valence-corrected chi connectivity index (χ3v) is 9.62. The highest BCUT2D eigenvalue weighted by atomic mass is 16.7. The summed E-state index contributed by atoms with van der Waals surface area (Å²) in [5.74, 6) is -0.382. The Morgan fingerprint density at radius 2 is 1.04 bits per heavy atom. The quantitative estimate of drug-likeness (QED) is 0.0434. The minimum atomic E-state index is -1.70. The van der Waals surface area contributed by atoms with Gasteiger partial charge in [-0.05, 0) is 12.8 Å². The summed E-state index contributed by atoms with van der Waals surface area (Å²) in [4.78, 5) is 12.8. The van der Waals surface area contributed by atoms with Crippen LogP contribution in [0.3, 0.4) is 0 Å². The lowest BCUT2D eigenvalue weighted by atomic mass is 9.98. The predicted molar refractivity (Wildman–Crippen MR) is 188 cm³/mol. The number of rotatable bonds is 29. The van der Waals surface area contributed by atoms with Gasteiger partial charge in [-0.15, -0.1) is 0 Å². The molecule has 0 saturated carbocycles. The fourth-order valence-electron chi connectivity index (χ4n) is 6.28. The molecular formula is C37H70O14. The van der Waals surface area contributed by atoms with Gasteiger partial charge in [-0.1, -0.05) is 110 Å². The van der Waals surface area contributed by atoms with Crippen LogP contribution in [0.4, 0.5) is 0 Å². The number of carbonyl (C=O) groups excluding carboxylic acids is 1. The van der Waals surface area contributed by atoms with E-state index in [1.807, 2.05) is 0 Å². The van der Waals surface area contributed by atoms with E-state index in [0.717, 1.165) is 38.5 Å². The second-order valence-corrected chi connectivity index (χ2v) is 14.1. The van der Waals surface area contributed by atoms with Crippen LogP contribution in [-0.2, 0) is 33.2 Å². The zero-order valence-electron chi connectivity index (χ0n) is 31.1. The Morgan fingerprint density at radius 3 is 1.59 bits per heavy atom. The molecule has 302 valence electrons. The fraction of sp³-hybridized carbons (Fsp3) is 0.973. The zero-order chi connectivity index (χ0) is 37.4. The van der Waals surface area contributed by atoms with Gasteiger partial charge in [0.15, 0.2) is 12.6 Å². The lowest BCUT2D eigenvalue weighted by Gasteiger charge is -2.42. The Labute approximate surface area is 304 Å². The Kier molecular flexibility index (Phi) is 24.9. The van der Waals surface area contributed by atoms with Gasteiger partial charge >= 0.3 is 5.97 Å². The molecule has 0 aromatic heterocycles. The maximum atomic E-state index is 12.8. The van der Waals surface area contributed by atoms with E-state index in [0.29, 0.717) is 13.0 Å². The van der Waals surface area contributed by atoms with Crippen LogP contribution in [0, 0.1) is 0 Å². The lowest BCUT2D eigenvalue weighted by molar-refractivity contribution is -0.332. The molecular weight excluding hydrogens is 668 g/mol. The molecule has 14 nitrogen and oxygen atoms in total. The van der Waals surface area contributed by atoms with E-state index >= 15 is 0 Å². The highest BCUT2D eigenvalue weighted by Crippen LogP contribution is 2.26. The van der Waals surface area contributed by atoms with E-state index in [1.165, 1.54) is 64.2 Å². The second-order valence-electron chi connectivity index (χ2n) is 14.1. The van der Waals surface area contributed by atoms with Crippen molar-refractivity contribution in [3.8, 4) is 0 Å². The van der Waals surface area contributed by atoms with Crippen molar-refractivity contribution in [1.29, 1.82) is 0 Å². The van der Waals surface area contributed by atoms with Gasteiger partial charge in [0, 0.05) is 13.0 Å². The normalized spacial score (nSPS) is 30.4. The van der Waals surface area contributed by atoms with Crippen molar-refractivity contribution >= 4 is 5.97 Å². The van der Waals surface area contributed by atoms with Crippen molar-refractivity contribution in [1.82, 2.24) is 0 Å². The lowest BCUT2D eigenvalue weighted by Crippen LogP contribution is -2.61. The van der Waals surface area contributed by atoms with Crippen LogP contribution in [0.15, 0.2) is 0 Å². The van der Waals surface area contributed by atoms with E-state index in [4.69, 9.17) is 28.4 Å². The summed E-state index contributed by atoms with van der Waals surface area (Å²) in [5.41, 5.74) is 0. The maximum absolute atomic E-state index is 12.8. The molecule has 0 radical (unpaired) electrons. The minimum absolute atomic E-state index is 0.0673. The number of ether oxygens (including phenoxy) is 6. The van der Waals surface area contributed by atoms with Gasteiger partial charge in [0.2, 0.25) is 0 Å². The molecule has 0 spiro atoms. The Hall–Kier alpha value is -1.01. The molecule has 2 aliphatic heterocycles. The first-order chi connectivity index (χ1) is 24.6. The fourth-order valence-corrected chi connectivity index (χ4v) is 6.28. The summed E-state index contributed by atoms with van der Waals surface area (Å²) in [6.45, 7) is 3.61. The van der Waals surface area contributed by atoms with Crippen LogP contribution < -0.4 is 0 Å². The van der Waals surface area contributed by atoms with Gasteiger partial charge in [0.05, 0.1) is 26.4 Å². The first kappa shape index (κ1) is 46.1. The third kappa shape index (κ3) is 17.8. The molecule has 11 atom stereocenters. The smallest absolute Gasteiger partial charge is 0.306 e. The first-order valence-electron chi connectivity index (χ1n) is 19.6. The van der Waals surface area contributed by atoms with Crippen molar-refractivity contribution in [3.63, 3.8) is 0 Å². The standard InChI is InChI=1S/C37H70O14/c1-3-5-7-9-11-13-15-17-19-21-46-23-26(49-29(39)20-18-16-14-12-10-8-6-4-2)24-47-36-35(45)33(43)31(41)28(51-36)25-48-37-34(44)32(42)30(40)27(22-38)50-37/h26-28,30-38,40-45H,3-25H2,1-2H3. The van der Waals surface area contributed by atoms with Crippen molar-refractivity contribution in [2.45, 2.75) is 197 Å². The molecule has 14 heteroatoms. The van der Waals surface area contributed by atoms with Gasteiger partial charge in [-0.25, -0.2) is 0 Å². The molecule has 2 fully saturated rings. The molecule has 0 aliphatic carbocycles. The molecule has 2 aliphatic rings. The summed E-state index contributed by atoms with van der Waals surface area (Å²) in [6.07, 6.45) is 3.50. The van der Waals surface area contributed by atoms with E-state index in [-0.39, 0.29) is 25.6 Å². The molecule has 51 heavy (non-hydrogen) atoms. The highest BCUT2D eigenvalue weighted by Gasteiger charge is 2.47. The number of hydrogen-bond donors (Lipinski definition) is 7. The highest BCUT2D eigenvalue weighted by molar-refractivity contribution is 5.69. The first-order valence-corrected chi connectivity index (χ1v) is 19.6. The van der Waals surface area contributed by atoms with Gasteiger partial charge < -0.3 is 64.2 Å². The van der Waals surface area contributed by atoms with Gasteiger partial charge in [0.1, 0.15) is 54.9 Å². The van der Waals surface area contributed by atoms with Crippen molar-refractivity contribution < 1.29 is 69.0 Å². The van der Waals surface area contributed by atoms with Crippen molar-refractivity contribution in [3.05, 3.63) is 0 Å². The number of unbranched alkanes of at least 4 members (excludes halogenated alkanes) is 15. The third-order valence-electron chi connectivity index (χ3n) is 9.62. The molecule has 11 unspecified atom stereocenters. The number of esters is 1. The van der Waals surface area contributed by atoms with Crippen molar-refractivity contribution in [2.24, 2.45) is 0 Å². The Morgan fingerprint density at radius 1 is 0.569 bits per heavy atom. The minimum Gasteiger partial charge on any atom is -0.457 e. The van der Waals surface area contributed by atoms with E-state index in [9.17, 15) is 40.5 Å². The summed E-state index contributed by atoms with van der Waals surface area (Å²) in [7, 11) is 0. The van der Waals surface area contributed by atoms with Crippen LogP contribution in [0.1, 0.15) is 129 Å². The molecule has 2 saturated heterocycles. The summed E-state index contributed by atoms with van der Waals surface area (Å²) < 4.78 is 33.9. The van der Waals surface area contributed by atoms with Gasteiger partial charge in [0.25, 0.3) is 0 Å². The monoisotopic (exact) mass is 738 g/mol. The largest absolute Gasteiger partial charge is 0.457 e. The molecule has 2 heterocycles. The number of aliphatic hydroxyl groups excluding tert-OH is 7. The number of hydrogen-bond acceptors (Lipinski definition) is 14. The van der Waals surface area contributed by atoms with Gasteiger partial charge in [-0.3, -0.25) is 4.79 Å². The zero-order valence-corrected chi connectivity index (χ0v) is 31.1. The Balaban J connectivity index is 1.87. The van der Waals surface area contributed by atoms with Gasteiger partial charge in [-0.2, -0.15) is 0 Å². The van der Waals surface area contributed by atoms with Crippen LogP contribution in [0.25, 0.3) is 0 Å². The maximum Gasteiger partial charge on any atom is 0.306 e. The van der Waals surface area contributed by atoms with Crippen molar-refractivity contribution in [2.75, 3.05) is 33.0 Å². The van der Waals surface area contributed by atoms with Crippen LogP contribution in [-0.4, -0.2) is 142 Å². The second kappa shape index (κ2) is 27.6. The SMILES string of the molecule is CCCCCCCCCCCOCC(COC1OC(COC2OC(CO)C(O)C(O)C2O)C(O)C(O)C1O)OC(=O)CCCCCCCCCC.